The van der Waals surface area contributed by atoms with Crippen LogP contribution < -0.4 is 11.3 Å². The van der Waals surface area contributed by atoms with E-state index in [0.717, 1.165) is 25.9 Å². The monoisotopic (exact) mass is 263 g/mol. The van der Waals surface area contributed by atoms with Crippen molar-refractivity contribution in [3.63, 3.8) is 0 Å². The van der Waals surface area contributed by atoms with Crippen molar-refractivity contribution < 1.29 is 9.53 Å². The van der Waals surface area contributed by atoms with Crippen molar-refractivity contribution in [3.05, 3.63) is 35.4 Å². The fourth-order valence-electron chi connectivity index (χ4n) is 2.60. The van der Waals surface area contributed by atoms with Crippen molar-refractivity contribution in [3.8, 4) is 0 Å². The number of carbonyl (C=O) groups excluding carboxylic acids is 1. The van der Waals surface area contributed by atoms with Crippen molar-refractivity contribution in [1.82, 2.24) is 10.3 Å². The van der Waals surface area contributed by atoms with Gasteiger partial charge in [0.15, 0.2) is 0 Å². The summed E-state index contributed by atoms with van der Waals surface area (Å²) in [5.74, 6) is 5.06. The van der Waals surface area contributed by atoms with Gasteiger partial charge in [-0.1, -0.05) is 24.3 Å². The van der Waals surface area contributed by atoms with E-state index in [1.807, 2.05) is 0 Å². The minimum absolute atomic E-state index is 0.187. The van der Waals surface area contributed by atoms with E-state index in [1.54, 1.807) is 7.11 Å². The summed E-state index contributed by atoms with van der Waals surface area (Å²) in [7, 11) is 1.60. The molecule has 0 fully saturated rings. The molecule has 0 spiro atoms. The normalized spacial score (nSPS) is 17.4. The molecule has 0 saturated heterocycles. The van der Waals surface area contributed by atoms with Crippen LogP contribution in [0.5, 0.6) is 0 Å². The largest absolute Gasteiger partial charge is 0.383 e. The van der Waals surface area contributed by atoms with E-state index in [0.29, 0.717) is 6.61 Å². The third-order valence-electron chi connectivity index (χ3n) is 3.67. The Kier molecular flexibility index (Phi) is 4.90. The maximum absolute atomic E-state index is 11.8. The maximum atomic E-state index is 11.8. The predicted octanol–water partition coefficient (Wildman–Crippen LogP) is 0.0921. The molecule has 1 aliphatic rings. The van der Waals surface area contributed by atoms with Gasteiger partial charge in [0.25, 0.3) is 5.91 Å². The average Bonchev–Trinajstić information content (AvgIpc) is 2.66. The first-order valence-corrected chi connectivity index (χ1v) is 6.56. The maximum Gasteiger partial charge on any atom is 0.253 e. The van der Waals surface area contributed by atoms with Crippen LogP contribution in [0.3, 0.4) is 0 Å². The zero-order valence-electron chi connectivity index (χ0n) is 11.3. The number of hydrogen-bond donors (Lipinski definition) is 2. The molecule has 1 atom stereocenters. The number of nitrogens with one attached hydrogen (secondary N) is 1. The highest BCUT2D eigenvalue weighted by Gasteiger charge is 2.26. The van der Waals surface area contributed by atoms with Crippen LogP contribution in [0, 0.1) is 0 Å². The smallest absolute Gasteiger partial charge is 0.253 e. The van der Waals surface area contributed by atoms with Gasteiger partial charge in [0.1, 0.15) is 6.04 Å². The predicted molar refractivity (Wildman–Crippen MR) is 73.4 cm³/mol. The Balaban J connectivity index is 2.09. The van der Waals surface area contributed by atoms with Gasteiger partial charge in [-0.15, -0.1) is 0 Å². The zero-order chi connectivity index (χ0) is 13.7. The molecule has 1 aliphatic heterocycles. The molecule has 2 rings (SSSR count). The lowest BCUT2D eigenvalue weighted by Crippen LogP contribution is -2.52. The van der Waals surface area contributed by atoms with Gasteiger partial charge in [-0.3, -0.25) is 15.1 Å². The number of hydrazine groups is 1. The minimum atomic E-state index is -0.315. The van der Waals surface area contributed by atoms with Crippen LogP contribution in [0.15, 0.2) is 24.3 Å². The third-order valence-corrected chi connectivity index (χ3v) is 3.67. The Labute approximate surface area is 113 Å². The number of nitrogens with two attached hydrogens (primary N) is 1. The number of nitrogens with zero attached hydrogens (tertiary/aromatic N) is 1. The van der Waals surface area contributed by atoms with Gasteiger partial charge in [0.05, 0.1) is 6.61 Å². The van der Waals surface area contributed by atoms with E-state index >= 15 is 0 Å². The fraction of sp³-hybridized carbons (Fsp3) is 0.500. The summed E-state index contributed by atoms with van der Waals surface area (Å²) in [6.07, 6.45) is 1.91. The number of benzene rings is 1. The molecule has 3 N–H and O–H groups in total. The van der Waals surface area contributed by atoms with E-state index in [2.05, 4.69) is 34.6 Å². The highest BCUT2D eigenvalue weighted by Crippen LogP contribution is 2.17. The van der Waals surface area contributed by atoms with Crippen LogP contribution in [-0.4, -0.2) is 43.7 Å². The van der Waals surface area contributed by atoms with Crippen LogP contribution in [0.4, 0.5) is 0 Å². The molecule has 1 unspecified atom stereocenters. The molecule has 0 bridgehead atoms. The molecule has 0 aromatic heterocycles. The molecule has 5 heteroatoms. The highest BCUT2D eigenvalue weighted by molar-refractivity contribution is 5.81. The topological polar surface area (TPSA) is 67.6 Å². The second-order valence-corrected chi connectivity index (χ2v) is 4.78. The molecule has 0 aliphatic carbocycles. The first-order chi connectivity index (χ1) is 9.26. The Morgan fingerprint density at radius 1 is 1.37 bits per heavy atom. The molecule has 1 aromatic rings. The molecule has 1 heterocycles. The van der Waals surface area contributed by atoms with Crippen LogP contribution in [0.1, 0.15) is 11.1 Å². The summed E-state index contributed by atoms with van der Waals surface area (Å²) in [5.41, 5.74) is 4.97. The Hall–Kier alpha value is -1.43. The number of carbonyl (C=O) groups is 1. The number of hydrogen-bond acceptors (Lipinski definition) is 4. The number of ether oxygens (including phenoxy) is 1. The average molecular weight is 263 g/mol. The fourth-order valence-corrected chi connectivity index (χ4v) is 2.60. The van der Waals surface area contributed by atoms with Crippen LogP contribution in [0.2, 0.25) is 0 Å². The molecule has 1 aromatic carbocycles. The molecule has 104 valence electrons. The lowest BCUT2D eigenvalue weighted by molar-refractivity contribution is -0.128. The SMILES string of the molecule is COCC(C(=O)NN)N1CCc2ccccc2CC1. The standard InChI is InChI=1S/C14H21N3O2/c1-19-10-13(14(18)16-15)17-8-6-11-4-2-3-5-12(11)7-9-17/h2-5,13H,6-10,15H2,1H3,(H,16,18). The van der Waals surface area contributed by atoms with E-state index in [9.17, 15) is 4.79 Å². The highest BCUT2D eigenvalue weighted by atomic mass is 16.5. The van der Waals surface area contributed by atoms with Gasteiger partial charge in [0.2, 0.25) is 0 Å². The van der Waals surface area contributed by atoms with Crippen molar-refractivity contribution in [2.45, 2.75) is 18.9 Å². The molecular formula is C14H21N3O2. The summed E-state index contributed by atoms with van der Waals surface area (Å²) in [5, 5.41) is 0. The van der Waals surface area contributed by atoms with Gasteiger partial charge in [-0.2, -0.15) is 0 Å². The Morgan fingerprint density at radius 2 is 1.95 bits per heavy atom. The zero-order valence-corrected chi connectivity index (χ0v) is 11.3. The van der Waals surface area contributed by atoms with Crippen LogP contribution in [0.25, 0.3) is 0 Å². The van der Waals surface area contributed by atoms with E-state index in [4.69, 9.17) is 10.6 Å². The Bertz CT molecular complexity index is 409. The number of methoxy groups -OCH3 is 1. The van der Waals surface area contributed by atoms with E-state index in [1.165, 1.54) is 11.1 Å². The quantitative estimate of drug-likeness (QED) is 0.459. The number of amides is 1. The molecular weight excluding hydrogens is 242 g/mol. The van der Waals surface area contributed by atoms with Gasteiger partial charge in [-0.05, 0) is 24.0 Å². The van der Waals surface area contributed by atoms with Crippen molar-refractivity contribution in [1.29, 1.82) is 0 Å². The lowest BCUT2D eigenvalue weighted by Gasteiger charge is -2.28. The van der Waals surface area contributed by atoms with Gasteiger partial charge in [-0.25, -0.2) is 5.84 Å². The second kappa shape index (κ2) is 6.65. The lowest BCUT2D eigenvalue weighted by atomic mass is 10.0. The summed E-state index contributed by atoms with van der Waals surface area (Å²) in [6.45, 7) is 2.05. The molecule has 0 radical (unpaired) electrons. The molecule has 5 nitrogen and oxygen atoms in total. The first kappa shape index (κ1) is 14.0. The van der Waals surface area contributed by atoms with E-state index < -0.39 is 0 Å². The van der Waals surface area contributed by atoms with Crippen molar-refractivity contribution in [2.75, 3.05) is 26.8 Å². The van der Waals surface area contributed by atoms with Crippen molar-refractivity contribution in [2.24, 2.45) is 5.84 Å². The molecule has 0 saturated carbocycles. The summed E-state index contributed by atoms with van der Waals surface area (Å²) in [6, 6.07) is 8.13. The van der Waals surface area contributed by atoms with Gasteiger partial charge in [0, 0.05) is 20.2 Å². The number of rotatable bonds is 4. The minimum Gasteiger partial charge on any atom is -0.383 e. The second-order valence-electron chi connectivity index (χ2n) is 4.78. The van der Waals surface area contributed by atoms with Crippen molar-refractivity contribution >= 4 is 5.91 Å². The van der Waals surface area contributed by atoms with Gasteiger partial charge < -0.3 is 4.74 Å². The van der Waals surface area contributed by atoms with Crippen LogP contribution >= 0.6 is 0 Å². The van der Waals surface area contributed by atoms with E-state index in [-0.39, 0.29) is 11.9 Å². The van der Waals surface area contributed by atoms with Crippen LogP contribution in [-0.2, 0) is 22.4 Å². The number of fused-ring (bicyclic) bond motifs is 1. The summed E-state index contributed by atoms with van der Waals surface area (Å²) in [4.78, 5) is 14.0. The van der Waals surface area contributed by atoms with Gasteiger partial charge >= 0.3 is 0 Å². The molecule has 1 amide bonds. The first-order valence-electron chi connectivity index (χ1n) is 6.56. The molecule has 19 heavy (non-hydrogen) atoms. The third kappa shape index (κ3) is 3.32. The Morgan fingerprint density at radius 3 is 2.42 bits per heavy atom. The summed E-state index contributed by atoms with van der Waals surface area (Å²) < 4.78 is 5.14. The summed E-state index contributed by atoms with van der Waals surface area (Å²) >= 11 is 0.